The molecule has 21 heavy (non-hydrogen) atoms. The molecule has 116 valence electrons. The van der Waals surface area contributed by atoms with E-state index >= 15 is 0 Å². The van der Waals surface area contributed by atoms with Crippen LogP contribution in [0.4, 0.5) is 4.39 Å². The minimum absolute atomic E-state index is 0.0127. The summed E-state index contributed by atoms with van der Waals surface area (Å²) in [4.78, 5) is 0.0250. The summed E-state index contributed by atoms with van der Waals surface area (Å²) in [6.45, 7) is 1.45. The Balaban J connectivity index is 1.79. The SMILES string of the molecule is Cc1cc(S(=O)(=O)NCC2(C3CC3)CC2)cc(CO)c1F. The van der Waals surface area contributed by atoms with Gasteiger partial charge in [0.1, 0.15) is 5.82 Å². The zero-order chi connectivity index (χ0) is 15.3. The van der Waals surface area contributed by atoms with E-state index in [0.29, 0.717) is 12.5 Å². The molecule has 3 rings (SSSR count). The first-order chi connectivity index (χ1) is 9.88. The number of hydrogen-bond acceptors (Lipinski definition) is 3. The number of rotatable bonds is 6. The molecule has 1 aromatic carbocycles. The second kappa shape index (κ2) is 5.04. The second-order valence-electron chi connectivity index (χ2n) is 6.33. The molecule has 0 amide bonds. The van der Waals surface area contributed by atoms with Crippen LogP contribution in [0.2, 0.25) is 0 Å². The van der Waals surface area contributed by atoms with Crippen molar-refractivity contribution < 1.29 is 17.9 Å². The Morgan fingerprint density at radius 2 is 2.05 bits per heavy atom. The quantitative estimate of drug-likeness (QED) is 0.845. The van der Waals surface area contributed by atoms with Crippen LogP contribution in [0.25, 0.3) is 0 Å². The lowest BCUT2D eigenvalue weighted by atomic mass is 10.0. The van der Waals surface area contributed by atoms with Crippen molar-refractivity contribution in [2.45, 2.75) is 44.1 Å². The fourth-order valence-electron chi connectivity index (χ4n) is 2.98. The third-order valence-electron chi connectivity index (χ3n) is 4.73. The molecule has 0 spiro atoms. The Hall–Kier alpha value is -0.980. The van der Waals surface area contributed by atoms with E-state index in [1.165, 1.54) is 31.9 Å². The fraction of sp³-hybridized carbons (Fsp3) is 0.600. The van der Waals surface area contributed by atoms with Gasteiger partial charge in [-0.15, -0.1) is 0 Å². The van der Waals surface area contributed by atoms with E-state index in [-0.39, 0.29) is 21.4 Å². The van der Waals surface area contributed by atoms with Gasteiger partial charge in [-0.1, -0.05) is 0 Å². The molecule has 0 aromatic heterocycles. The van der Waals surface area contributed by atoms with Crippen LogP contribution < -0.4 is 4.72 Å². The zero-order valence-electron chi connectivity index (χ0n) is 12.0. The smallest absolute Gasteiger partial charge is 0.240 e. The predicted molar refractivity (Wildman–Crippen MR) is 76.6 cm³/mol. The summed E-state index contributed by atoms with van der Waals surface area (Å²) in [5.41, 5.74) is 0.408. The Labute approximate surface area is 124 Å². The van der Waals surface area contributed by atoms with Gasteiger partial charge in [0.15, 0.2) is 0 Å². The highest BCUT2D eigenvalue weighted by atomic mass is 32.2. The Bertz CT molecular complexity index is 664. The summed E-state index contributed by atoms with van der Waals surface area (Å²) in [5, 5.41) is 9.13. The first-order valence-electron chi connectivity index (χ1n) is 7.27. The number of aliphatic hydroxyl groups excluding tert-OH is 1. The van der Waals surface area contributed by atoms with Gasteiger partial charge < -0.3 is 5.11 Å². The monoisotopic (exact) mass is 313 g/mol. The topological polar surface area (TPSA) is 66.4 Å². The summed E-state index contributed by atoms with van der Waals surface area (Å²) in [6, 6.07) is 2.52. The molecule has 0 unspecified atom stereocenters. The number of aliphatic hydroxyl groups is 1. The van der Waals surface area contributed by atoms with E-state index in [0.717, 1.165) is 12.8 Å². The molecule has 2 aliphatic carbocycles. The molecular formula is C15H20FNO3S. The van der Waals surface area contributed by atoms with E-state index in [1.807, 2.05) is 0 Å². The van der Waals surface area contributed by atoms with Gasteiger partial charge in [-0.05, 0) is 61.6 Å². The lowest BCUT2D eigenvalue weighted by Crippen LogP contribution is -2.31. The summed E-state index contributed by atoms with van der Waals surface area (Å²) in [6.07, 6.45) is 4.58. The standard InChI is InChI=1S/C15H20FNO3S/c1-10-6-13(7-11(8-18)14(10)16)21(19,20)17-9-15(4-5-15)12-2-3-12/h6-7,12,17-18H,2-5,8-9H2,1H3. The van der Waals surface area contributed by atoms with Crippen LogP contribution in [-0.4, -0.2) is 20.1 Å². The third kappa shape index (κ3) is 2.84. The average Bonchev–Trinajstić information content (AvgIpc) is 3.31. The van der Waals surface area contributed by atoms with Crippen LogP contribution >= 0.6 is 0 Å². The maximum Gasteiger partial charge on any atom is 0.240 e. The van der Waals surface area contributed by atoms with Gasteiger partial charge in [0, 0.05) is 12.1 Å². The first kappa shape index (κ1) is 14.9. The zero-order valence-corrected chi connectivity index (χ0v) is 12.8. The molecule has 0 bridgehead atoms. The van der Waals surface area contributed by atoms with Crippen molar-refractivity contribution in [1.29, 1.82) is 0 Å². The normalized spacial score (nSPS) is 20.5. The van der Waals surface area contributed by atoms with Gasteiger partial charge in [-0.25, -0.2) is 17.5 Å². The van der Waals surface area contributed by atoms with E-state index in [9.17, 15) is 12.8 Å². The lowest BCUT2D eigenvalue weighted by molar-refractivity contribution is 0.275. The number of nitrogens with one attached hydrogen (secondary N) is 1. The van der Waals surface area contributed by atoms with E-state index < -0.39 is 22.4 Å². The molecule has 6 heteroatoms. The first-order valence-corrected chi connectivity index (χ1v) is 8.76. The molecule has 2 fully saturated rings. The predicted octanol–water partition coefficient (Wildman–Crippen LogP) is 2.09. The van der Waals surface area contributed by atoms with Crippen LogP contribution in [0.5, 0.6) is 0 Å². The van der Waals surface area contributed by atoms with Gasteiger partial charge in [0.25, 0.3) is 0 Å². The Kier molecular flexibility index (Phi) is 3.58. The summed E-state index contributed by atoms with van der Waals surface area (Å²) < 4.78 is 41.1. The van der Waals surface area contributed by atoms with E-state index in [4.69, 9.17) is 5.11 Å². The van der Waals surface area contributed by atoms with Crippen molar-refractivity contribution >= 4 is 10.0 Å². The minimum Gasteiger partial charge on any atom is -0.392 e. The number of aryl methyl sites for hydroxylation is 1. The molecule has 2 saturated carbocycles. The van der Waals surface area contributed by atoms with Crippen molar-refractivity contribution in [2.24, 2.45) is 11.3 Å². The molecule has 0 radical (unpaired) electrons. The van der Waals surface area contributed by atoms with Crippen molar-refractivity contribution in [1.82, 2.24) is 4.72 Å². The summed E-state index contributed by atoms with van der Waals surface area (Å²) in [5.74, 6) is 0.122. The third-order valence-corrected chi connectivity index (χ3v) is 6.11. The van der Waals surface area contributed by atoms with Gasteiger partial charge in [-0.3, -0.25) is 0 Å². The maximum atomic E-state index is 13.7. The Morgan fingerprint density at radius 3 is 2.57 bits per heavy atom. The van der Waals surface area contributed by atoms with Crippen LogP contribution in [0, 0.1) is 24.1 Å². The lowest BCUT2D eigenvalue weighted by Gasteiger charge is -2.16. The number of hydrogen-bond donors (Lipinski definition) is 2. The number of sulfonamides is 1. The molecule has 0 aliphatic heterocycles. The van der Waals surface area contributed by atoms with Crippen LogP contribution in [0.3, 0.4) is 0 Å². The van der Waals surface area contributed by atoms with Crippen molar-refractivity contribution in [3.05, 3.63) is 29.1 Å². The maximum absolute atomic E-state index is 13.7. The number of benzene rings is 1. The highest BCUT2D eigenvalue weighted by molar-refractivity contribution is 7.89. The Morgan fingerprint density at radius 1 is 1.38 bits per heavy atom. The molecule has 4 nitrogen and oxygen atoms in total. The highest BCUT2D eigenvalue weighted by Crippen LogP contribution is 2.60. The van der Waals surface area contributed by atoms with Crippen molar-refractivity contribution in [3.8, 4) is 0 Å². The van der Waals surface area contributed by atoms with Crippen LogP contribution in [0.15, 0.2) is 17.0 Å². The molecule has 2 aliphatic rings. The molecule has 0 saturated heterocycles. The summed E-state index contributed by atoms with van der Waals surface area (Å²) in [7, 11) is -3.66. The summed E-state index contributed by atoms with van der Waals surface area (Å²) >= 11 is 0. The molecule has 2 N–H and O–H groups in total. The van der Waals surface area contributed by atoms with Crippen molar-refractivity contribution in [3.63, 3.8) is 0 Å². The van der Waals surface area contributed by atoms with Gasteiger partial charge in [-0.2, -0.15) is 0 Å². The van der Waals surface area contributed by atoms with Crippen LogP contribution in [-0.2, 0) is 16.6 Å². The van der Waals surface area contributed by atoms with Crippen LogP contribution in [0.1, 0.15) is 36.8 Å². The second-order valence-corrected chi connectivity index (χ2v) is 8.10. The highest BCUT2D eigenvalue weighted by Gasteiger charge is 2.53. The average molecular weight is 313 g/mol. The van der Waals surface area contributed by atoms with Gasteiger partial charge in [0.2, 0.25) is 10.0 Å². The molecule has 0 atom stereocenters. The number of halogens is 1. The molecular weight excluding hydrogens is 293 g/mol. The minimum atomic E-state index is -3.66. The molecule has 1 aromatic rings. The van der Waals surface area contributed by atoms with E-state index in [1.54, 1.807) is 0 Å². The van der Waals surface area contributed by atoms with Gasteiger partial charge >= 0.3 is 0 Å². The molecule has 0 heterocycles. The van der Waals surface area contributed by atoms with Gasteiger partial charge in [0.05, 0.1) is 11.5 Å². The van der Waals surface area contributed by atoms with Crippen molar-refractivity contribution in [2.75, 3.05) is 6.54 Å². The fourth-order valence-corrected chi connectivity index (χ4v) is 4.26. The largest absolute Gasteiger partial charge is 0.392 e. The van der Waals surface area contributed by atoms with E-state index in [2.05, 4.69) is 4.72 Å².